The molecule has 1 heterocycles. The summed E-state index contributed by atoms with van der Waals surface area (Å²) in [6.45, 7) is 1.74. The van der Waals surface area contributed by atoms with E-state index in [1.165, 1.54) is 7.11 Å². The van der Waals surface area contributed by atoms with Crippen LogP contribution in [0.15, 0.2) is 18.2 Å². The van der Waals surface area contributed by atoms with Gasteiger partial charge in [-0.25, -0.2) is 0 Å². The van der Waals surface area contributed by atoms with Crippen LogP contribution in [0.1, 0.15) is 16.2 Å². The number of nitrogens with one attached hydrogen (secondary N) is 2. The average Bonchev–Trinajstić information content (AvgIpc) is 2.79. The summed E-state index contributed by atoms with van der Waals surface area (Å²) in [5.74, 6) is 0.704. The number of aromatic amines is 1. The van der Waals surface area contributed by atoms with Gasteiger partial charge in [-0.1, -0.05) is 0 Å². The van der Waals surface area contributed by atoms with Crippen LogP contribution in [0.3, 0.4) is 0 Å². The first kappa shape index (κ1) is 13.7. The Hall–Kier alpha value is -2.70. The van der Waals surface area contributed by atoms with Gasteiger partial charge in [0.1, 0.15) is 11.5 Å². The Labute approximate surface area is 116 Å². The van der Waals surface area contributed by atoms with Gasteiger partial charge in [0, 0.05) is 6.07 Å². The number of hydrogen-bond acceptors (Lipinski definition) is 5. The molecule has 1 amide bonds. The molecule has 0 aliphatic carbocycles. The number of carbonyl (C=O) groups is 1. The van der Waals surface area contributed by atoms with Gasteiger partial charge in [-0.05, 0) is 19.1 Å². The van der Waals surface area contributed by atoms with E-state index in [0.29, 0.717) is 28.6 Å². The number of carbonyl (C=O) groups excluding carboxylic acids is 1. The van der Waals surface area contributed by atoms with Crippen molar-refractivity contribution >= 4 is 17.3 Å². The molecule has 4 N–H and O–H groups in total. The maximum Gasteiger partial charge on any atom is 0.278 e. The van der Waals surface area contributed by atoms with Gasteiger partial charge in [0.2, 0.25) is 0 Å². The Kier molecular flexibility index (Phi) is 3.79. The largest absolute Gasteiger partial charge is 0.497 e. The molecule has 0 atom stereocenters. The van der Waals surface area contributed by atoms with E-state index in [2.05, 4.69) is 15.5 Å². The van der Waals surface area contributed by atoms with Crippen LogP contribution in [0.2, 0.25) is 0 Å². The monoisotopic (exact) mass is 276 g/mol. The summed E-state index contributed by atoms with van der Waals surface area (Å²) in [5, 5.41) is 9.24. The second-order valence-electron chi connectivity index (χ2n) is 4.13. The molecule has 106 valence electrons. The molecular weight excluding hydrogens is 260 g/mol. The number of H-pyrrole nitrogens is 1. The summed E-state index contributed by atoms with van der Waals surface area (Å²) in [7, 11) is 3.06. The van der Waals surface area contributed by atoms with E-state index in [9.17, 15) is 4.79 Å². The highest BCUT2D eigenvalue weighted by atomic mass is 16.5. The molecule has 0 aliphatic heterocycles. The van der Waals surface area contributed by atoms with Gasteiger partial charge in [-0.15, -0.1) is 0 Å². The van der Waals surface area contributed by atoms with Crippen molar-refractivity contribution in [2.75, 3.05) is 25.3 Å². The number of nitrogens with two attached hydrogens (primary N) is 1. The van der Waals surface area contributed by atoms with Crippen molar-refractivity contribution in [2.45, 2.75) is 6.92 Å². The summed E-state index contributed by atoms with van der Waals surface area (Å²) in [6.07, 6.45) is 0. The molecule has 0 fully saturated rings. The van der Waals surface area contributed by atoms with Crippen LogP contribution in [-0.2, 0) is 0 Å². The van der Waals surface area contributed by atoms with E-state index >= 15 is 0 Å². The zero-order valence-corrected chi connectivity index (χ0v) is 11.5. The van der Waals surface area contributed by atoms with E-state index in [1.807, 2.05) is 0 Å². The van der Waals surface area contributed by atoms with E-state index in [4.69, 9.17) is 15.2 Å². The third-order valence-corrected chi connectivity index (χ3v) is 2.86. The maximum atomic E-state index is 12.1. The van der Waals surface area contributed by atoms with Gasteiger partial charge >= 0.3 is 0 Å². The first-order valence-electron chi connectivity index (χ1n) is 5.90. The molecule has 7 heteroatoms. The van der Waals surface area contributed by atoms with Crippen LogP contribution in [0, 0.1) is 6.92 Å². The van der Waals surface area contributed by atoms with Gasteiger partial charge in [-0.3, -0.25) is 9.89 Å². The highest BCUT2D eigenvalue weighted by molar-refractivity contribution is 6.07. The standard InChI is InChI=1S/C13H16N4O3/c1-7-11(14)12(17-16-7)13(18)15-9-6-8(19-2)4-5-10(9)20-3/h4-6H,14H2,1-3H3,(H,15,18)(H,16,17). The zero-order valence-electron chi connectivity index (χ0n) is 11.5. The molecule has 0 saturated carbocycles. The zero-order chi connectivity index (χ0) is 14.7. The molecule has 1 aromatic heterocycles. The van der Waals surface area contributed by atoms with E-state index in [0.717, 1.165) is 0 Å². The van der Waals surface area contributed by atoms with E-state index < -0.39 is 5.91 Å². The Balaban J connectivity index is 2.29. The predicted molar refractivity (Wildman–Crippen MR) is 75.2 cm³/mol. The van der Waals surface area contributed by atoms with Crippen molar-refractivity contribution in [3.8, 4) is 11.5 Å². The number of ether oxygens (including phenoxy) is 2. The number of methoxy groups -OCH3 is 2. The summed E-state index contributed by atoms with van der Waals surface area (Å²) in [6, 6.07) is 5.10. The minimum Gasteiger partial charge on any atom is -0.497 e. The van der Waals surface area contributed by atoms with Gasteiger partial charge in [0.25, 0.3) is 5.91 Å². The fourth-order valence-corrected chi connectivity index (χ4v) is 1.70. The molecule has 1 aromatic carbocycles. The number of aryl methyl sites for hydroxylation is 1. The van der Waals surface area contributed by atoms with E-state index in [-0.39, 0.29) is 5.69 Å². The predicted octanol–water partition coefficient (Wildman–Crippen LogP) is 1.57. The fraction of sp³-hybridized carbons (Fsp3) is 0.231. The number of benzene rings is 1. The van der Waals surface area contributed by atoms with Crippen LogP contribution in [0.25, 0.3) is 0 Å². The lowest BCUT2D eigenvalue weighted by Crippen LogP contribution is -2.15. The topological polar surface area (TPSA) is 102 Å². The van der Waals surface area contributed by atoms with E-state index in [1.54, 1.807) is 32.2 Å². The van der Waals surface area contributed by atoms with Crippen LogP contribution >= 0.6 is 0 Å². The number of nitrogens with zero attached hydrogens (tertiary/aromatic N) is 1. The lowest BCUT2D eigenvalue weighted by Gasteiger charge is -2.11. The normalized spacial score (nSPS) is 10.2. The smallest absolute Gasteiger partial charge is 0.278 e. The third-order valence-electron chi connectivity index (χ3n) is 2.86. The van der Waals surface area contributed by atoms with Crippen LogP contribution < -0.4 is 20.5 Å². The lowest BCUT2D eigenvalue weighted by molar-refractivity contribution is 0.102. The second kappa shape index (κ2) is 5.52. The first-order valence-corrected chi connectivity index (χ1v) is 5.90. The molecule has 20 heavy (non-hydrogen) atoms. The first-order chi connectivity index (χ1) is 9.56. The number of aromatic nitrogens is 2. The molecular formula is C13H16N4O3. The number of hydrogen-bond donors (Lipinski definition) is 3. The summed E-state index contributed by atoms with van der Waals surface area (Å²) in [5.41, 5.74) is 7.37. The number of anilines is 2. The second-order valence-corrected chi connectivity index (χ2v) is 4.13. The maximum absolute atomic E-state index is 12.1. The molecule has 0 aliphatic rings. The lowest BCUT2D eigenvalue weighted by atomic mass is 10.2. The molecule has 0 bridgehead atoms. The third kappa shape index (κ3) is 2.51. The minimum absolute atomic E-state index is 0.146. The van der Waals surface area contributed by atoms with Gasteiger partial charge < -0.3 is 20.5 Å². The Morgan fingerprint density at radius 3 is 2.65 bits per heavy atom. The molecule has 2 aromatic rings. The molecule has 2 rings (SSSR count). The van der Waals surface area contributed by atoms with Crippen molar-refractivity contribution in [1.82, 2.24) is 10.2 Å². The fourth-order valence-electron chi connectivity index (χ4n) is 1.70. The summed E-state index contributed by atoms with van der Waals surface area (Å²) >= 11 is 0. The number of nitrogen functional groups attached to an aromatic ring is 1. The number of amides is 1. The Morgan fingerprint density at radius 2 is 2.10 bits per heavy atom. The minimum atomic E-state index is -0.418. The molecule has 7 nitrogen and oxygen atoms in total. The van der Waals surface area contributed by atoms with Crippen molar-refractivity contribution < 1.29 is 14.3 Å². The average molecular weight is 276 g/mol. The van der Waals surface area contributed by atoms with Gasteiger partial charge in [0.05, 0.1) is 31.3 Å². The SMILES string of the molecule is COc1ccc(OC)c(NC(=O)c2n[nH]c(C)c2N)c1. The highest BCUT2D eigenvalue weighted by Crippen LogP contribution is 2.29. The Morgan fingerprint density at radius 1 is 1.35 bits per heavy atom. The van der Waals surface area contributed by atoms with Gasteiger partial charge in [0.15, 0.2) is 5.69 Å². The van der Waals surface area contributed by atoms with Crippen LogP contribution in [0.4, 0.5) is 11.4 Å². The highest BCUT2D eigenvalue weighted by Gasteiger charge is 2.17. The van der Waals surface area contributed by atoms with Crippen LogP contribution in [-0.4, -0.2) is 30.3 Å². The molecule has 0 radical (unpaired) electrons. The summed E-state index contributed by atoms with van der Waals surface area (Å²) in [4.78, 5) is 12.1. The molecule has 0 unspecified atom stereocenters. The Bertz CT molecular complexity index is 637. The molecule has 0 saturated heterocycles. The van der Waals surface area contributed by atoms with Crippen molar-refractivity contribution in [2.24, 2.45) is 0 Å². The summed E-state index contributed by atoms with van der Waals surface area (Å²) < 4.78 is 10.3. The number of rotatable bonds is 4. The van der Waals surface area contributed by atoms with Crippen LogP contribution in [0.5, 0.6) is 11.5 Å². The quantitative estimate of drug-likeness (QED) is 0.786. The van der Waals surface area contributed by atoms with Gasteiger partial charge in [-0.2, -0.15) is 5.10 Å². The van der Waals surface area contributed by atoms with Crippen molar-refractivity contribution in [3.63, 3.8) is 0 Å². The van der Waals surface area contributed by atoms with Crippen molar-refractivity contribution in [3.05, 3.63) is 29.6 Å². The molecule has 0 spiro atoms. The van der Waals surface area contributed by atoms with Crippen molar-refractivity contribution in [1.29, 1.82) is 0 Å².